The largest absolute Gasteiger partial charge is 0.361 e. The molecule has 1 unspecified atom stereocenters. The molecule has 1 amide bonds. The molecule has 0 spiro atoms. The van der Waals surface area contributed by atoms with Gasteiger partial charge in [0.2, 0.25) is 5.91 Å². The number of likely N-dealkylation sites (tertiary alicyclic amines) is 1. The van der Waals surface area contributed by atoms with Crippen LogP contribution in [0.5, 0.6) is 0 Å². The fraction of sp³-hybridized carbons (Fsp3) is 0.762. The van der Waals surface area contributed by atoms with Gasteiger partial charge < -0.3 is 20.1 Å². The van der Waals surface area contributed by atoms with Crippen molar-refractivity contribution in [2.45, 2.75) is 71.8 Å². The SMILES string of the molecule is CCNC(=NCCCc1c(C)noc1C)NC1CCN(C(=O)C2CCCC2)C1. The zero-order valence-corrected chi connectivity index (χ0v) is 17.6. The molecule has 7 nitrogen and oxygen atoms in total. The first kappa shape index (κ1) is 20.7. The Bertz CT molecular complexity index is 659. The highest BCUT2D eigenvalue weighted by molar-refractivity contribution is 5.81. The molecule has 2 aliphatic rings. The van der Waals surface area contributed by atoms with Crippen molar-refractivity contribution >= 4 is 11.9 Å². The number of aryl methyl sites for hydroxylation is 2. The van der Waals surface area contributed by atoms with Crippen LogP contribution in [-0.2, 0) is 11.2 Å². The lowest BCUT2D eigenvalue weighted by Crippen LogP contribution is -2.45. The van der Waals surface area contributed by atoms with E-state index in [1.807, 2.05) is 13.8 Å². The molecular weight excluding hydrogens is 354 g/mol. The minimum Gasteiger partial charge on any atom is -0.361 e. The average molecular weight is 390 g/mol. The van der Waals surface area contributed by atoms with Crippen molar-refractivity contribution in [3.8, 4) is 0 Å². The highest BCUT2D eigenvalue weighted by atomic mass is 16.5. The van der Waals surface area contributed by atoms with Gasteiger partial charge in [-0.05, 0) is 52.9 Å². The van der Waals surface area contributed by atoms with Gasteiger partial charge in [0.15, 0.2) is 5.96 Å². The molecule has 1 aromatic heterocycles. The van der Waals surface area contributed by atoms with E-state index < -0.39 is 0 Å². The number of hydrogen-bond donors (Lipinski definition) is 2. The lowest BCUT2D eigenvalue weighted by molar-refractivity contribution is -0.134. The quantitative estimate of drug-likeness (QED) is 0.425. The number of nitrogens with one attached hydrogen (secondary N) is 2. The molecule has 0 aromatic carbocycles. The number of nitrogens with zero attached hydrogens (tertiary/aromatic N) is 3. The zero-order valence-electron chi connectivity index (χ0n) is 17.6. The van der Waals surface area contributed by atoms with Crippen LogP contribution in [0.2, 0.25) is 0 Å². The van der Waals surface area contributed by atoms with Crippen LogP contribution < -0.4 is 10.6 Å². The summed E-state index contributed by atoms with van der Waals surface area (Å²) in [7, 11) is 0. The highest BCUT2D eigenvalue weighted by Gasteiger charge is 2.32. The van der Waals surface area contributed by atoms with E-state index in [4.69, 9.17) is 9.52 Å². The number of carbonyl (C=O) groups excluding carboxylic acids is 1. The van der Waals surface area contributed by atoms with Crippen LogP contribution in [0.15, 0.2) is 9.52 Å². The highest BCUT2D eigenvalue weighted by Crippen LogP contribution is 2.27. The van der Waals surface area contributed by atoms with E-state index in [9.17, 15) is 4.79 Å². The second-order valence-corrected chi connectivity index (χ2v) is 8.06. The molecule has 1 saturated heterocycles. The first-order chi connectivity index (χ1) is 13.6. The molecule has 1 aliphatic heterocycles. The van der Waals surface area contributed by atoms with E-state index in [1.165, 1.54) is 18.4 Å². The Morgan fingerprint density at radius 1 is 1.29 bits per heavy atom. The van der Waals surface area contributed by atoms with Gasteiger partial charge in [-0.15, -0.1) is 0 Å². The molecule has 1 aromatic rings. The third-order valence-electron chi connectivity index (χ3n) is 5.93. The molecule has 156 valence electrons. The molecule has 3 rings (SSSR count). The van der Waals surface area contributed by atoms with Gasteiger partial charge in [-0.3, -0.25) is 9.79 Å². The molecule has 2 fully saturated rings. The maximum atomic E-state index is 12.6. The molecule has 7 heteroatoms. The molecule has 0 bridgehead atoms. The van der Waals surface area contributed by atoms with Crippen molar-refractivity contribution in [2.24, 2.45) is 10.9 Å². The van der Waals surface area contributed by atoms with Crippen LogP contribution in [-0.4, -0.2) is 54.1 Å². The lowest BCUT2D eigenvalue weighted by atomic mass is 10.1. The molecule has 0 radical (unpaired) electrons. The molecule has 2 heterocycles. The number of hydrogen-bond acceptors (Lipinski definition) is 4. The first-order valence-corrected chi connectivity index (χ1v) is 10.8. The van der Waals surface area contributed by atoms with E-state index in [2.05, 4.69) is 27.6 Å². The summed E-state index contributed by atoms with van der Waals surface area (Å²) in [5.41, 5.74) is 2.18. The van der Waals surface area contributed by atoms with Gasteiger partial charge in [-0.2, -0.15) is 0 Å². The van der Waals surface area contributed by atoms with Crippen LogP contribution in [0.1, 0.15) is 62.5 Å². The van der Waals surface area contributed by atoms with Gasteiger partial charge >= 0.3 is 0 Å². The lowest BCUT2D eigenvalue weighted by Gasteiger charge is -2.21. The van der Waals surface area contributed by atoms with Crippen molar-refractivity contribution in [2.75, 3.05) is 26.2 Å². The van der Waals surface area contributed by atoms with Gasteiger partial charge in [0.1, 0.15) is 5.76 Å². The number of rotatable bonds is 7. The summed E-state index contributed by atoms with van der Waals surface area (Å²) < 4.78 is 5.22. The van der Waals surface area contributed by atoms with Crippen molar-refractivity contribution in [3.63, 3.8) is 0 Å². The second kappa shape index (κ2) is 9.94. The number of amides is 1. The van der Waals surface area contributed by atoms with Crippen LogP contribution in [0.4, 0.5) is 0 Å². The fourth-order valence-electron chi connectivity index (χ4n) is 4.33. The Morgan fingerprint density at radius 2 is 2.07 bits per heavy atom. The Kier molecular flexibility index (Phi) is 7.34. The maximum absolute atomic E-state index is 12.6. The topological polar surface area (TPSA) is 82.8 Å². The van der Waals surface area contributed by atoms with E-state index in [-0.39, 0.29) is 12.0 Å². The van der Waals surface area contributed by atoms with E-state index in [0.29, 0.717) is 5.91 Å². The summed E-state index contributed by atoms with van der Waals surface area (Å²) in [6, 6.07) is 0.283. The van der Waals surface area contributed by atoms with Crippen molar-refractivity contribution in [1.29, 1.82) is 0 Å². The molecule has 28 heavy (non-hydrogen) atoms. The normalized spacial score (nSPS) is 20.8. The van der Waals surface area contributed by atoms with E-state index in [0.717, 1.165) is 75.7 Å². The predicted octanol–water partition coefficient (Wildman–Crippen LogP) is 2.57. The Labute approximate surface area is 168 Å². The van der Waals surface area contributed by atoms with Crippen molar-refractivity contribution < 1.29 is 9.32 Å². The summed E-state index contributed by atoms with van der Waals surface area (Å²) in [5, 5.41) is 10.9. The van der Waals surface area contributed by atoms with E-state index in [1.54, 1.807) is 0 Å². The van der Waals surface area contributed by atoms with Crippen molar-refractivity contribution in [3.05, 3.63) is 17.0 Å². The zero-order chi connectivity index (χ0) is 19.9. The standard InChI is InChI=1S/C21H35N5O2/c1-4-22-21(23-12-7-10-19-15(2)25-28-16(19)3)24-18-11-13-26(14-18)20(27)17-8-5-6-9-17/h17-18H,4-14H2,1-3H3,(H2,22,23,24). The molecule has 2 N–H and O–H groups in total. The minimum absolute atomic E-state index is 0.268. The van der Waals surface area contributed by atoms with Crippen molar-refractivity contribution in [1.82, 2.24) is 20.7 Å². The Morgan fingerprint density at radius 3 is 2.75 bits per heavy atom. The summed E-state index contributed by atoms with van der Waals surface area (Å²) in [4.78, 5) is 19.4. The maximum Gasteiger partial charge on any atom is 0.225 e. The summed E-state index contributed by atoms with van der Waals surface area (Å²) in [6.07, 6.45) is 7.43. The van der Waals surface area contributed by atoms with Gasteiger partial charge in [0, 0.05) is 43.7 Å². The van der Waals surface area contributed by atoms with Gasteiger partial charge in [0.05, 0.1) is 5.69 Å². The summed E-state index contributed by atoms with van der Waals surface area (Å²) >= 11 is 0. The van der Waals surface area contributed by atoms with E-state index >= 15 is 0 Å². The molecule has 1 aliphatic carbocycles. The van der Waals surface area contributed by atoms with Crippen LogP contribution in [0, 0.1) is 19.8 Å². The third kappa shape index (κ3) is 5.26. The molecular formula is C21H35N5O2. The van der Waals surface area contributed by atoms with Crippen LogP contribution in [0.25, 0.3) is 0 Å². The Balaban J connectivity index is 1.46. The monoisotopic (exact) mass is 389 g/mol. The fourth-order valence-corrected chi connectivity index (χ4v) is 4.33. The molecule has 1 saturated carbocycles. The second-order valence-electron chi connectivity index (χ2n) is 8.06. The number of aromatic nitrogens is 1. The number of guanidine groups is 1. The summed E-state index contributed by atoms with van der Waals surface area (Å²) in [5.74, 6) is 2.39. The predicted molar refractivity (Wildman–Crippen MR) is 110 cm³/mol. The van der Waals surface area contributed by atoms with Gasteiger partial charge in [-0.25, -0.2) is 0 Å². The minimum atomic E-state index is 0.268. The van der Waals surface area contributed by atoms with Crippen LogP contribution >= 0.6 is 0 Å². The van der Waals surface area contributed by atoms with Gasteiger partial charge in [-0.1, -0.05) is 18.0 Å². The van der Waals surface area contributed by atoms with Gasteiger partial charge in [0.25, 0.3) is 0 Å². The number of aliphatic imine (C=N–C) groups is 1. The smallest absolute Gasteiger partial charge is 0.225 e. The third-order valence-corrected chi connectivity index (χ3v) is 5.93. The first-order valence-electron chi connectivity index (χ1n) is 10.8. The average Bonchev–Trinajstić information content (AvgIpc) is 3.42. The molecule has 1 atom stereocenters. The summed E-state index contributed by atoms with van der Waals surface area (Å²) in [6.45, 7) is 9.25. The van der Waals surface area contributed by atoms with Crippen LogP contribution in [0.3, 0.4) is 0 Å². The Hall–Kier alpha value is -2.05. The number of carbonyl (C=O) groups is 1.